The second-order valence-electron chi connectivity index (χ2n) is 5.91. The summed E-state index contributed by atoms with van der Waals surface area (Å²) >= 11 is 0. The quantitative estimate of drug-likeness (QED) is 0.858. The Morgan fingerprint density at radius 3 is 2.43 bits per heavy atom. The molecule has 23 heavy (non-hydrogen) atoms. The number of piperidine rings is 1. The molecule has 8 heteroatoms. The molecule has 0 saturated carbocycles. The van der Waals surface area contributed by atoms with Crippen LogP contribution in [0.4, 0.5) is 13.2 Å². The molecule has 0 aromatic heterocycles. The van der Waals surface area contributed by atoms with Crippen molar-refractivity contribution in [1.29, 1.82) is 0 Å². The summed E-state index contributed by atoms with van der Waals surface area (Å²) in [6, 6.07) is 6.57. The van der Waals surface area contributed by atoms with E-state index in [0.29, 0.717) is 12.8 Å². The van der Waals surface area contributed by atoms with Crippen molar-refractivity contribution in [2.75, 3.05) is 18.8 Å². The summed E-state index contributed by atoms with van der Waals surface area (Å²) in [6.07, 6.45) is -3.32. The highest BCUT2D eigenvalue weighted by Gasteiger charge is 2.38. The van der Waals surface area contributed by atoms with Crippen molar-refractivity contribution in [3.63, 3.8) is 0 Å². The molecule has 0 spiro atoms. The van der Waals surface area contributed by atoms with Gasteiger partial charge in [-0.25, -0.2) is 13.1 Å². The fraction of sp³-hybridized carbons (Fsp3) is 0.600. The molecule has 1 atom stereocenters. The van der Waals surface area contributed by atoms with Crippen LogP contribution in [0, 0.1) is 12.8 Å². The normalized spacial score (nSPS) is 18.8. The first kappa shape index (κ1) is 18.2. The van der Waals surface area contributed by atoms with Crippen molar-refractivity contribution >= 4 is 10.0 Å². The monoisotopic (exact) mass is 350 g/mol. The molecule has 1 fully saturated rings. The van der Waals surface area contributed by atoms with Gasteiger partial charge in [-0.05, 0) is 49.9 Å². The summed E-state index contributed by atoms with van der Waals surface area (Å²) in [5.74, 6) is -1.88. The zero-order chi connectivity index (χ0) is 17.1. The van der Waals surface area contributed by atoms with Gasteiger partial charge in [-0.1, -0.05) is 24.3 Å². The molecular formula is C15H21F3N2O2S. The highest BCUT2D eigenvalue weighted by atomic mass is 32.2. The molecular weight excluding hydrogens is 329 g/mol. The van der Waals surface area contributed by atoms with E-state index in [2.05, 4.69) is 10.0 Å². The van der Waals surface area contributed by atoms with E-state index >= 15 is 0 Å². The van der Waals surface area contributed by atoms with Crippen LogP contribution >= 0.6 is 0 Å². The van der Waals surface area contributed by atoms with E-state index in [1.165, 1.54) is 0 Å². The number of sulfonamides is 1. The molecule has 0 amide bonds. The van der Waals surface area contributed by atoms with Crippen LogP contribution in [0.1, 0.15) is 30.0 Å². The van der Waals surface area contributed by atoms with Gasteiger partial charge < -0.3 is 5.32 Å². The lowest BCUT2D eigenvalue weighted by Gasteiger charge is -2.32. The Kier molecular flexibility index (Phi) is 5.70. The Bertz CT molecular complexity index is 626. The van der Waals surface area contributed by atoms with Crippen molar-refractivity contribution < 1.29 is 21.6 Å². The van der Waals surface area contributed by atoms with Crippen molar-refractivity contribution in [3.8, 4) is 0 Å². The zero-order valence-electron chi connectivity index (χ0n) is 12.9. The molecule has 1 aromatic rings. The van der Waals surface area contributed by atoms with Gasteiger partial charge in [0.1, 0.15) is 0 Å². The molecule has 1 aromatic carbocycles. The van der Waals surface area contributed by atoms with Crippen LogP contribution < -0.4 is 10.0 Å². The standard InChI is InChI=1S/C15H21F3N2O2S/c1-11-4-2-3-5-13(11)14(12-6-8-19-9-7-12)20-23(21,22)10-15(16,17)18/h2-5,12,14,19-20H,6-10H2,1H3. The molecule has 0 aliphatic carbocycles. The van der Waals surface area contributed by atoms with E-state index in [9.17, 15) is 21.6 Å². The number of nitrogens with one attached hydrogen (secondary N) is 2. The van der Waals surface area contributed by atoms with Crippen molar-refractivity contribution in [2.24, 2.45) is 5.92 Å². The highest BCUT2D eigenvalue weighted by Crippen LogP contribution is 2.32. The van der Waals surface area contributed by atoms with Gasteiger partial charge in [0, 0.05) is 6.04 Å². The van der Waals surface area contributed by atoms with Crippen LogP contribution in [0.15, 0.2) is 24.3 Å². The lowest BCUT2D eigenvalue weighted by Crippen LogP contribution is -2.42. The minimum Gasteiger partial charge on any atom is -0.317 e. The SMILES string of the molecule is Cc1ccccc1C(NS(=O)(=O)CC(F)(F)F)C1CCNCC1. The molecule has 1 saturated heterocycles. The zero-order valence-corrected chi connectivity index (χ0v) is 13.7. The Balaban J connectivity index is 2.29. The minimum atomic E-state index is -4.75. The van der Waals surface area contributed by atoms with Gasteiger partial charge in [-0.3, -0.25) is 0 Å². The number of aryl methyl sites for hydroxylation is 1. The summed E-state index contributed by atoms with van der Waals surface area (Å²) < 4.78 is 63.7. The average Bonchev–Trinajstić information content (AvgIpc) is 2.44. The Morgan fingerprint density at radius 1 is 1.26 bits per heavy atom. The number of hydrogen-bond donors (Lipinski definition) is 2. The van der Waals surface area contributed by atoms with Gasteiger partial charge in [0.05, 0.1) is 0 Å². The topological polar surface area (TPSA) is 58.2 Å². The number of halogens is 3. The smallest absolute Gasteiger partial charge is 0.317 e. The first-order valence-electron chi connectivity index (χ1n) is 7.51. The average molecular weight is 350 g/mol. The number of rotatable bonds is 5. The van der Waals surface area contributed by atoms with Crippen LogP contribution in [-0.2, 0) is 10.0 Å². The lowest BCUT2D eigenvalue weighted by atomic mass is 9.85. The van der Waals surface area contributed by atoms with Crippen LogP contribution in [0.25, 0.3) is 0 Å². The van der Waals surface area contributed by atoms with Crippen LogP contribution in [0.3, 0.4) is 0 Å². The van der Waals surface area contributed by atoms with E-state index in [1.807, 2.05) is 19.1 Å². The third-order valence-corrected chi connectivity index (χ3v) is 5.36. The largest absolute Gasteiger partial charge is 0.404 e. The molecule has 2 rings (SSSR count). The van der Waals surface area contributed by atoms with E-state index < -0.39 is 28.0 Å². The number of alkyl halides is 3. The van der Waals surface area contributed by atoms with Crippen LogP contribution in [-0.4, -0.2) is 33.4 Å². The second-order valence-corrected chi connectivity index (χ2v) is 7.67. The van der Waals surface area contributed by atoms with Gasteiger partial charge in [0.2, 0.25) is 10.0 Å². The Morgan fingerprint density at radius 2 is 1.87 bits per heavy atom. The van der Waals surface area contributed by atoms with Crippen molar-refractivity contribution in [3.05, 3.63) is 35.4 Å². The van der Waals surface area contributed by atoms with Crippen molar-refractivity contribution in [1.82, 2.24) is 10.0 Å². The molecule has 4 nitrogen and oxygen atoms in total. The van der Waals surface area contributed by atoms with Gasteiger partial charge in [-0.15, -0.1) is 0 Å². The third kappa shape index (κ3) is 5.47. The summed E-state index contributed by atoms with van der Waals surface area (Å²) in [7, 11) is -4.45. The van der Waals surface area contributed by atoms with Gasteiger partial charge >= 0.3 is 6.18 Å². The fourth-order valence-corrected chi connectivity index (χ4v) is 4.20. The first-order valence-corrected chi connectivity index (χ1v) is 9.16. The summed E-state index contributed by atoms with van der Waals surface area (Å²) in [5.41, 5.74) is 1.61. The Hall–Kier alpha value is -1.12. The van der Waals surface area contributed by atoms with Crippen LogP contribution in [0.5, 0.6) is 0 Å². The molecule has 0 bridgehead atoms. The molecule has 1 heterocycles. The van der Waals surface area contributed by atoms with Crippen LogP contribution in [0.2, 0.25) is 0 Å². The van der Waals surface area contributed by atoms with Gasteiger partial charge in [0.15, 0.2) is 5.75 Å². The number of hydrogen-bond acceptors (Lipinski definition) is 3. The summed E-state index contributed by atoms with van der Waals surface area (Å²) in [4.78, 5) is 0. The van der Waals surface area contributed by atoms with E-state index in [4.69, 9.17) is 0 Å². The molecule has 1 aliphatic rings. The fourth-order valence-electron chi connectivity index (χ4n) is 2.98. The maximum atomic E-state index is 12.5. The molecule has 1 unspecified atom stereocenters. The van der Waals surface area contributed by atoms with E-state index in [-0.39, 0.29) is 5.92 Å². The molecule has 0 radical (unpaired) electrons. The lowest BCUT2D eigenvalue weighted by molar-refractivity contribution is -0.106. The van der Waals surface area contributed by atoms with E-state index in [1.54, 1.807) is 12.1 Å². The molecule has 2 N–H and O–H groups in total. The Labute approximate surface area is 134 Å². The summed E-state index contributed by atoms with van der Waals surface area (Å²) in [5, 5.41) is 3.18. The summed E-state index contributed by atoms with van der Waals surface area (Å²) in [6.45, 7) is 3.30. The predicted molar refractivity (Wildman–Crippen MR) is 82.5 cm³/mol. The van der Waals surface area contributed by atoms with Gasteiger partial charge in [-0.2, -0.15) is 13.2 Å². The third-order valence-electron chi connectivity index (χ3n) is 4.04. The maximum Gasteiger partial charge on any atom is 0.404 e. The highest BCUT2D eigenvalue weighted by molar-refractivity contribution is 7.89. The van der Waals surface area contributed by atoms with Crippen molar-refractivity contribution in [2.45, 2.75) is 32.0 Å². The second kappa shape index (κ2) is 7.19. The minimum absolute atomic E-state index is 0.0274. The first-order chi connectivity index (χ1) is 10.7. The van der Waals surface area contributed by atoms with Gasteiger partial charge in [0.25, 0.3) is 0 Å². The maximum absolute atomic E-state index is 12.5. The predicted octanol–water partition coefficient (Wildman–Crippen LogP) is 2.52. The molecule has 130 valence electrons. The molecule has 1 aliphatic heterocycles. The number of benzene rings is 1. The van der Waals surface area contributed by atoms with E-state index in [0.717, 1.165) is 24.2 Å².